The zero-order valence-corrected chi connectivity index (χ0v) is 15.2. The Kier molecular flexibility index (Phi) is 4.33. The number of hydrogen-bond donors (Lipinski definition) is 1. The van der Waals surface area contributed by atoms with Gasteiger partial charge in [0, 0.05) is 38.0 Å². The van der Waals surface area contributed by atoms with Gasteiger partial charge in [-0.15, -0.1) is 0 Å². The molecule has 0 aliphatic carbocycles. The number of hydrogen-bond acceptors (Lipinski definition) is 8. The van der Waals surface area contributed by atoms with Gasteiger partial charge in [0.15, 0.2) is 15.6 Å². The van der Waals surface area contributed by atoms with Crippen molar-refractivity contribution in [2.75, 3.05) is 48.0 Å². The average Bonchev–Trinajstić information content (AvgIpc) is 3.14. The molecule has 1 unspecified atom stereocenters. The molecule has 4 rings (SSSR count). The van der Waals surface area contributed by atoms with Crippen LogP contribution in [0.2, 0.25) is 0 Å². The fourth-order valence-corrected chi connectivity index (χ4v) is 5.44. The van der Waals surface area contributed by atoms with E-state index in [1.54, 1.807) is 0 Å². The zero-order valence-electron chi connectivity index (χ0n) is 14.4. The third kappa shape index (κ3) is 3.73. The highest BCUT2D eigenvalue weighted by Crippen LogP contribution is 2.33. The Hall–Kier alpha value is -1.45. The van der Waals surface area contributed by atoms with Crippen molar-refractivity contribution in [2.24, 2.45) is 0 Å². The molecule has 1 aromatic heterocycles. The number of nitrogens with one attached hydrogen (secondary N) is 1. The van der Waals surface area contributed by atoms with Gasteiger partial charge in [-0.25, -0.2) is 18.4 Å². The van der Waals surface area contributed by atoms with Crippen LogP contribution < -0.4 is 10.2 Å². The molecule has 0 amide bonds. The number of aromatic nitrogens is 2. The van der Waals surface area contributed by atoms with E-state index in [0.717, 1.165) is 31.7 Å². The van der Waals surface area contributed by atoms with Crippen LogP contribution >= 0.6 is 0 Å². The first-order valence-electron chi connectivity index (χ1n) is 8.79. The van der Waals surface area contributed by atoms with E-state index in [9.17, 15) is 8.42 Å². The fraction of sp³-hybridized carbons (Fsp3) is 0.750. The van der Waals surface area contributed by atoms with Gasteiger partial charge < -0.3 is 19.7 Å². The predicted octanol–water partition coefficient (Wildman–Crippen LogP) is 0.727. The van der Waals surface area contributed by atoms with Crippen LogP contribution in [-0.4, -0.2) is 68.0 Å². The summed E-state index contributed by atoms with van der Waals surface area (Å²) < 4.78 is 34.8. The van der Waals surface area contributed by atoms with Crippen LogP contribution in [0, 0.1) is 6.92 Å². The first kappa shape index (κ1) is 17.0. The maximum Gasteiger partial charge on any atom is 0.171 e. The van der Waals surface area contributed by atoms with E-state index in [-0.39, 0.29) is 17.5 Å². The van der Waals surface area contributed by atoms with Crippen LogP contribution in [0.15, 0.2) is 6.07 Å². The number of aryl methyl sites for hydroxylation is 1. The molecular formula is C16H24N4O4S. The SMILES string of the molecule is Cc1nc(NC2CCS(=O)(=O)C2)cc(N2CCC3(CC2)OCCO3)n1. The lowest BCUT2D eigenvalue weighted by Crippen LogP contribution is -2.45. The minimum Gasteiger partial charge on any atom is -0.366 e. The van der Waals surface area contributed by atoms with Crippen LogP contribution in [0.1, 0.15) is 25.1 Å². The summed E-state index contributed by atoms with van der Waals surface area (Å²) in [6, 6.07) is 1.84. The number of nitrogens with zero attached hydrogens (tertiary/aromatic N) is 3. The van der Waals surface area contributed by atoms with Gasteiger partial charge in [-0.1, -0.05) is 0 Å². The molecule has 1 atom stereocenters. The molecule has 1 aromatic rings. The Bertz CT molecular complexity index is 739. The van der Waals surface area contributed by atoms with Gasteiger partial charge in [0.05, 0.1) is 24.7 Å². The van der Waals surface area contributed by atoms with Gasteiger partial charge in [0.2, 0.25) is 0 Å². The summed E-state index contributed by atoms with van der Waals surface area (Å²) in [6.45, 7) is 4.83. The van der Waals surface area contributed by atoms with E-state index >= 15 is 0 Å². The molecule has 3 fully saturated rings. The van der Waals surface area contributed by atoms with E-state index in [1.807, 2.05) is 13.0 Å². The molecule has 25 heavy (non-hydrogen) atoms. The zero-order chi connectivity index (χ0) is 17.5. The third-order valence-electron chi connectivity index (χ3n) is 5.07. The topological polar surface area (TPSA) is 93.7 Å². The summed E-state index contributed by atoms with van der Waals surface area (Å²) in [4.78, 5) is 11.2. The monoisotopic (exact) mass is 368 g/mol. The van der Waals surface area contributed by atoms with E-state index in [2.05, 4.69) is 20.2 Å². The molecule has 138 valence electrons. The number of anilines is 2. The standard InChI is InChI=1S/C16H24N4O4S/c1-12-17-14(19-13-2-9-25(21,22)11-13)10-15(18-12)20-5-3-16(4-6-20)23-7-8-24-16/h10,13H,2-9,11H2,1H3,(H,17,18,19). The highest BCUT2D eigenvalue weighted by molar-refractivity contribution is 7.91. The van der Waals surface area contributed by atoms with Gasteiger partial charge in [-0.3, -0.25) is 0 Å². The van der Waals surface area contributed by atoms with Crippen molar-refractivity contribution in [3.8, 4) is 0 Å². The van der Waals surface area contributed by atoms with Gasteiger partial charge in [0.25, 0.3) is 0 Å². The number of ether oxygens (including phenoxy) is 2. The molecule has 0 saturated carbocycles. The predicted molar refractivity (Wildman–Crippen MR) is 93.5 cm³/mol. The average molecular weight is 368 g/mol. The Morgan fingerprint density at radius 3 is 2.60 bits per heavy atom. The number of piperidine rings is 1. The van der Waals surface area contributed by atoms with Crippen molar-refractivity contribution in [3.63, 3.8) is 0 Å². The molecule has 1 spiro atoms. The van der Waals surface area contributed by atoms with Crippen LogP contribution in [-0.2, 0) is 19.3 Å². The number of sulfone groups is 1. The van der Waals surface area contributed by atoms with Crippen LogP contribution in [0.4, 0.5) is 11.6 Å². The molecule has 3 aliphatic rings. The Morgan fingerprint density at radius 1 is 1.24 bits per heavy atom. The van der Waals surface area contributed by atoms with Crippen molar-refractivity contribution in [2.45, 2.75) is 38.0 Å². The van der Waals surface area contributed by atoms with E-state index in [1.165, 1.54) is 0 Å². The minimum atomic E-state index is -2.91. The van der Waals surface area contributed by atoms with E-state index in [0.29, 0.717) is 31.3 Å². The fourth-order valence-electron chi connectivity index (χ4n) is 3.77. The Morgan fingerprint density at radius 2 is 1.96 bits per heavy atom. The Labute approximate surface area is 147 Å². The minimum absolute atomic E-state index is 0.0722. The maximum atomic E-state index is 11.6. The Balaban J connectivity index is 1.45. The molecule has 3 saturated heterocycles. The summed E-state index contributed by atoms with van der Waals surface area (Å²) in [5.41, 5.74) is 0. The van der Waals surface area contributed by atoms with Crippen molar-refractivity contribution in [3.05, 3.63) is 11.9 Å². The van der Waals surface area contributed by atoms with Gasteiger partial charge in [0.1, 0.15) is 17.5 Å². The van der Waals surface area contributed by atoms with Crippen LogP contribution in [0.5, 0.6) is 0 Å². The van der Waals surface area contributed by atoms with E-state index < -0.39 is 15.6 Å². The van der Waals surface area contributed by atoms with Gasteiger partial charge in [-0.2, -0.15) is 0 Å². The van der Waals surface area contributed by atoms with Gasteiger partial charge in [-0.05, 0) is 13.3 Å². The molecule has 0 radical (unpaired) electrons. The van der Waals surface area contributed by atoms with Crippen molar-refractivity contribution in [1.29, 1.82) is 0 Å². The lowest BCUT2D eigenvalue weighted by atomic mass is 10.0. The first-order valence-corrected chi connectivity index (χ1v) is 10.6. The summed E-state index contributed by atoms with van der Waals surface area (Å²) in [5, 5.41) is 3.26. The second kappa shape index (κ2) is 6.37. The van der Waals surface area contributed by atoms with Crippen molar-refractivity contribution < 1.29 is 17.9 Å². The first-order chi connectivity index (χ1) is 11.9. The molecule has 1 N–H and O–H groups in total. The smallest absolute Gasteiger partial charge is 0.171 e. The van der Waals surface area contributed by atoms with E-state index in [4.69, 9.17) is 9.47 Å². The molecule has 0 aromatic carbocycles. The summed E-state index contributed by atoms with van der Waals surface area (Å²) >= 11 is 0. The molecule has 3 aliphatic heterocycles. The largest absolute Gasteiger partial charge is 0.366 e. The van der Waals surface area contributed by atoms with Crippen LogP contribution in [0.3, 0.4) is 0 Å². The highest BCUT2D eigenvalue weighted by atomic mass is 32.2. The molecule has 9 heteroatoms. The van der Waals surface area contributed by atoms with Gasteiger partial charge >= 0.3 is 0 Å². The maximum absolute atomic E-state index is 11.6. The second-order valence-corrected chi connectivity index (χ2v) is 9.23. The third-order valence-corrected chi connectivity index (χ3v) is 6.84. The summed E-state index contributed by atoms with van der Waals surface area (Å²) in [6.07, 6.45) is 2.26. The summed E-state index contributed by atoms with van der Waals surface area (Å²) in [5.74, 6) is 2.25. The second-order valence-electron chi connectivity index (χ2n) is 7.00. The highest BCUT2D eigenvalue weighted by Gasteiger charge is 2.40. The van der Waals surface area contributed by atoms with Crippen LogP contribution in [0.25, 0.3) is 0 Å². The van der Waals surface area contributed by atoms with Crippen molar-refractivity contribution >= 4 is 21.5 Å². The molecular weight excluding hydrogens is 344 g/mol. The summed E-state index contributed by atoms with van der Waals surface area (Å²) in [7, 11) is -2.91. The molecule has 8 nitrogen and oxygen atoms in total. The molecule has 4 heterocycles. The lowest BCUT2D eigenvalue weighted by molar-refractivity contribution is -0.169. The lowest BCUT2D eigenvalue weighted by Gasteiger charge is -2.38. The number of rotatable bonds is 3. The van der Waals surface area contributed by atoms with Crippen molar-refractivity contribution in [1.82, 2.24) is 9.97 Å². The quantitative estimate of drug-likeness (QED) is 0.834. The normalized spacial score (nSPS) is 27.7. The molecule has 0 bridgehead atoms.